The number of nitrogens with zero attached hydrogens (tertiary/aromatic N) is 1. The van der Waals surface area contributed by atoms with E-state index < -0.39 is 23.6 Å². The van der Waals surface area contributed by atoms with Crippen molar-refractivity contribution in [3.63, 3.8) is 0 Å². The summed E-state index contributed by atoms with van der Waals surface area (Å²) in [7, 11) is 0. The molecule has 0 aliphatic rings. The Morgan fingerprint density at radius 1 is 0.938 bits per heavy atom. The average Bonchev–Trinajstić information content (AvgIpc) is 2.75. The van der Waals surface area contributed by atoms with Gasteiger partial charge in [0.25, 0.3) is 0 Å². The maximum absolute atomic E-state index is 12.9. The average molecular weight is 474 g/mol. The number of benzene rings is 3. The molecule has 162 valence electrons. The zero-order chi connectivity index (χ0) is 23.1. The summed E-state index contributed by atoms with van der Waals surface area (Å²) in [6, 6.07) is 15.6. The number of ether oxygens (including phenoxy) is 1. The van der Waals surface area contributed by atoms with Crippen molar-refractivity contribution in [3.05, 3.63) is 93.7 Å². The second-order valence-electron chi connectivity index (χ2n) is 6.25. The highest BCUT2D eigenvalue weighted by molar-refractivity contribution is 6.39. The van der Waals surface area contributed by atoms with E-state index in [9.17, 15) is 18.8 Å². The number of hydrazone groups is 1. The maximum Gasteiger partial charge on any atom is 0.345 e. The zero-order valence-electron chi connectivity index (χ0n) is 16.1. The van der Waals surface area contributed by atoms with Crippen LogP contribution in [-0.4, -0.2) is 24.0 Å². The molecule has 0 unspecified atom stereocenters. The van der Waals surface area contributed by atoms with Crippen LogP contribution in [0.5, 0.6) is 5.75 Å². The van der Waals surface area contributed by atoms with Crippen molar-refractivity contribution in [2.75, 3.05) is 5.32 Å². The van der Waals surface area contributed by atoms with Crippen LogP contribution in [0.1, 0.15) is 15.9 Å². The van der Waals surface area contributed by atoms with Crippen molar-refractivity contribution in [1.29, 1.82) is 0 Å². The molecule has 7 nitrogen and oxygen atoms in total. The number of hydrogen-bond acceptors (Lipinski definition) is 5. The number of carbonyl (C=O) groups excluding carboxylic acids is 3. The molecular formula is C22H14Cl2FN3O4. The Hall–Kier alpha value is -3.75. The van der Waals surface area contributed by atoms with E-state index in [0.29, 0.717) is 10.6 Å². The lowest BCUT2D eigenvalue weighted by molar-refractivity contribution is -0.136. The Labute approximate surface area is 191 Å². The van der Waals surface area contributed by atoms with Gasteiger partial charge in [0.15, 0.2) is 0 Å². The van der Waals surface area contributed by atoms with Crippen LogP contribution >= 0.6 is 23.2 Å². The summed E-state index contributed by atoms with van der Waals surface area (Å²) in [6.45, 7) is 0. The smallest absolute Gasteiger partial charge is 0.345 e. The molecule has 0 aliphatic heterocycles. The standard InChI is InChI=1S/C22H14Cl2FN3O4/c23-14-4-9-18(19(24)11-14)22(31)32-17-3-1-2-13(10-17)12-26-28-21(30)20(29)27-16-7-5-15(25)6-8-16/h1-12H,(H,27,29)(H,28,30)/b26-12+. The van der Waals surface area contributed by atoms with Gasteiger partial charge in [0.05, 0.1) is 16.8 Å². The maximum atomic E-state index is 12.9. The minimum absolute atomic E-state index is 0.148. The summed E-state index contributed by atoms with van der Waals surface area (Å²) in [6.07, 6.45) is 1.26. The Balaban J connectivity index is 1.57. The zero-order valence-corrected chi connectivity index (χ0v) is 17.7. The van der Waals surface area contributed by atoms with Crippen LogP contribution in [0.25, 0.3) is 0 Å². The lowest BCUT2D eigenvalue weighted by Crippen LogP contribution is -2.32. The quantitative estimate of drug-likeness (QED) is 0.188. The van der Waals surface area contributed by atoms with E-state index in [0.717, 1.165) is 12.1 Å². The topological polar surface area (TPSA) is 96.9 Å². The molecule has 0 saturated heterocycles. The van der Waals surface area contributed by atoms with Crippen LogP contribution in [0.2, 0.25) is 10.0 Å². The molecule has 0 bridgehead atoms. The first-order valence-corrected chi connectivity index (χ1v) is 9.74. The van der Waals surface area contributed by atoms with Crippen LogP contribution in [0.15, 0.2) is 71.8 Å². The molecule has 0 atom stereocenters. The highest BCUT2D eigenvalue weighted by Crippen LogP contribution is 2.23. The van der Waals surface area contributed by atoms with Gasteiger partial charge in [0, 0.05) is 10.7 Å². The van der Waals surface area contributed by atoms with E-state index in [4.69, 9.17) is 27.9 Å². The highest BCUT2D eigenvalue weighted by Gasteiger charge is 2.14. The fraction of sp³-hybridized carbons (Fsp3) is 0. The Kier molecular flexibility index (Phi) is 7.54. The molecule has 0 spiro atoms. The number of nitrogens with one attached hydrogen (secondary N) is 2. The first-order chi connectivity index (χ1) is 15.3. The van der Waals surface area contributed by atoms with Crippen molar-refractivity contribution in [3.8, 4) is 5.75 Å². The number of esters is 1. The molecule has 2 N–H and O–H groups in total. The molecule has 3 aromatic carbocycles. The summed E-state index contributed by atoms with van der Waals surface area (Å²) in [5.41, 5.74) is 2.95. The normalized spacial score (nSPS) is 10.6. The van der Waals surface area contributed by atoms with Gasteiger partial charge in [-0.3, -0.25) is 9.59 Å². The number of halogens is 3. The van der Waals surface area contributed by atoms with Crippen molar-refractivity contribution in [2.24, 2.45) is 5.10 Å². The number of amides is 2. The summed E-state index contributed by atoms with van der Waals surface area (Å²) in [4.78, 5) is 36.0. The molecule has 0 aromatic heterocycles. The SMILES string of the molecule is O=C(N/N=C/c1cccc(OC(=O)c2ccc(Cl)cc2Cl)c1)C(=O)Nc1ccc(F)cc1. The van der Waals surface area contributed by atoms with Gasteiger partial charge in [0.2, 0.25) is 0 Å². The Bertz CT molecular complexity index is 1200. The third kappa shape index (κ3) is 6.37. The lowest BCUT2D eigenvalue weighted by Gasteiger charge is -2.07. The van der Waals surface area contributed by atoms with Gasteiger partial charge in [0.1, 0.15) is 11.6 Å². The minimum Gasteiger partial charge on any atom is -0.423 e. The summed E-state index contributed by atoms with van der Waals surface area (Å²) >= 11 is 11.8. The van der Waals surface area contributed by atoms with Gasteiger partial charge >= 0.3 is 17.8 Å². The van der Waals surface area contributed by atoms with Crippen LogP contribution in [-0.2, 0) is 9.59 Å². The van der Waals surface area contributed by atoms with E-state index in [2.05, 4.69) is 15.8 Å². The number of hydrogen-bond donors (Lipinski definition) is 2. The third-order valence-corrected chi connectivity index (χ3v) is 4.46. The van der Waals surface area contributed by atoms with Crippen molar-refractivity contribution < 1.29 is 23.5 Å². The van der Waals surface area contributed by atoms with Gasteiger partial charge in [-0.1, -0.05) is 35.3 Å². The highest BCUT2D eigenvalue weighted by atomic mass is 35.5. The van der Waals surface area contributed by atoms with Crippen LogP contribution in [0.3, 0.4) is 0 Å². The number of anilines is 1. The molecule has 0 fully saturated rings. The van der Waals surface area contributed by atoms with E-state index >= 15 is 0 Å². The minimum atomic E-state index is -1.02. The largest absolute Gasteiger partial charge is 0.423 e. The second kappa shape index (κ2) is 10.5. The number of carbonyl (C=O) groups is 3. The van der Waals surface area contributed by atoms with Crippen molar-refractivity contribution >= 4 is 52.9 Å². The van der Waals surface area contributed by atoms with E-state index in [1.807, 2.05) is 0 Å². The Morgan fingerprint density at radius 2 is 1.69 bits per heavy atom. The molecule has 0 aliphatic carbocycles. The molecule has 0 radical (unpaired) electrons. The summed E-state index contributed by atoms with van der Waals surface area (Å²) in [5, 5.41) is 6.54. The Morgan fingerprint density at radius 3 is 2.41 bits per heavy atom. The van der Waals surface area contributed by atoms with Gasteiger partial charge < -0.3 is 10.1 Å². The lowest BCUT2D eigenvalue weighted by atomic mass is 10.2. The van der Waals surface area contributed by atoms with Crippen LogP contribution in [0, 0.1) is 5.82 Å². The second-order valence-corrected chi connectivity index (χ2v) is 7.09. The molecule has 3 aromatic rings. The monoisotopic (exact) mass is 473 g/mol. The molecule has 32 heavy (non-hydrogen) atoms. The third-order valence-electron chi connectivity index (χ3n) is 3.91. The van der Waals surface area contributed by atoms with Crippen molar-refractivity contribution in [1.82, 2.24) is 5.43 Å². The molecule has 10 heteroatoms. The molecule has 3 rings (SSSR count). The van der Waals surface area contributed by atoms with Gasteiger partial charge in [-0.25, -0.2) is 14.6 Å². The fourth-order valence-electron chi connectivity index (χ4n) is 2.41. The molecule has 0 saturated carbocycles. The molecule has 0 heterocycles. The van der Waals surface area contributed by atoms with Gasteiger partial charge in [-0.05, 0) is 60.2 Å². The molecule has 2 amide bonds. The predicted molar refractivity (Wildman–Crippen MR) is 119 cm³/mol. The van der Waals surface area contributed by atoms with Crippen LogP contribution in [0.4, 0.5) is 10.1 Å². The predicted octanol–water partition coefficient (Wildman–Crippen LogP) is 4.44. The van der Waals surface area contributed by atoms with Gasteiger partial charge in [-0.15, -0.1) is 0 Å². The van der Waals surface area contributed by atoms with Gasteiger partial charge in [-0.2, -0.15) is 5.10 Å². The first-order valence-electron chi connectivity index (χ1n) is 8.99. The summed E-state index contributed by atoms with van der Waals surface area (Å²) < 4.78 is 18.2. The van der Waals surface area contributed by atoms with E-state index in [1.165, 1.54) is 42.6 Å². The summed E-state index contributed by atoms with van der Waals surface area (Å²) in [5.74, 6) is -2.93. The van der Waals surface area contributed by atoms with Crippen LogP contribution < -0.4 is 15.5 Å². The van der Waals surface area contributed by atoms with Crippen molar-refractivity contribution in [2.45, 2.75) is 0 Å². The fourth-order valence-corrected chi connectivity index (χ4v) is 2.90. The van der Waals surface area contributed by atoms with E-state index in [-0.39, 0.29) is 22.0 Å². The molecular weight excluding hydrogens is 460 g/mol. The number of rotatable bonds is 5. The van der Waals surface area contributed by atoms with E-state index in [1.54, 1.807) is 18.2 Å². The first kappa shape index (κ1) is 22.9.